The van der Waals surface area contributed by atoms with Crippen LogP contribution in [0.3, 0.4) is 0 Å². The normalized spacial score (nSPS) is 17.1. The van der Waals surface area contributed by atoms with Gasteiger partial charge in [0.15, 0.2) is 0 Å². The maximum absolute atomic E-state index is 13.9. The number of aromatic nitrogens is 3. The van der Waals surface area contributed by atoms with E-state index in [0.29, 0.717) is 17.3 Å². The van der Waals surface area contributed by atoms with Gasteiger partial charge in [0.2, 0.25) is 15.8 Å². The van der Waals surface area contributed by atoms with E-state index in [4.69, 9.17) is 22.1 Å². The Hall–Kier alpha value is -3.29. The summed E-state index contributed by atoms with van der Waals surface area (Å²) in [4.78, 5) is 19.2. The van der Waals surface area contributed by atoms with Crippen LogP contribution in [0.15, 0.2) is 41.5 Å². The standard InChI is InChI=1S/C25H27ClF2N6O4S/c26-17-9-16(24(29)30-13-17)15-39(36,37)33-7-5-32(6-8-33)22-14-31-34(20-11-18(27)10-19(28)12-20)25(35)23(22)38-21-3-1-2-4-21/h9-14,21H,1-8,15H2,(H2,29,30). The van der Waals surface area contributed by atoms with Gasteiger partial charge in [0.1, 0.15) is 23.1 Å². The van der Waals surface area contributed by atoms with Gasteiger partial charge in [-0.05, 0) is 43.9 Å². The number of ether oxygens (including phenoxy) is 1. The van der Waals surface area contributed by atoms with Gasteiger partial charge in [-0.1, -0.05) is 11.6 Å². The molecule has 3 heterocycles. The molecule has 2 aliphatic rings. The second-order valence-corrected chi connectivity index (χ2v) is 12.0. The van der Waals surface area contributed by atoms with Crippen molar-refractivity contribution in [2.45, 2.75) is 37.5 Å². The lowest BCUT2D eigenvalue weighted by molar-refractivity contribution is 0.205. The molecular weight excluding hydrogens is 554 g/mol. The van der Waals surface area contributed by atoms with Crippen molar-refractivity contribution in [1.29, 1.82) is 0 Å². The molecule has 1 aliphatic heterocycles. The number of sulfonamides is 1. The van der Waals surface area contributed by atoms with Gasteiger partial charge in [0, 0.05) is 44.0 Å². The number of hydrogen-bond donors (Lipinski definition) is 1. The molecule has 0 bridgehead atoms. The smallest absolute Gasteiger partial charge is 0.316 e. The van der Waals surface area contributed by atoms with Gasteiger partial charge in [0.25, 0.3) is 0 Å². The number of rotatable bonds is 7. The van der Waals surface area contributed by atoms with Gasteiger partial charge in [0.05, 0.1) is 28.8 Å². The highest BCUT2D eigenvalue weighted by atomic mass is 35.5. The summed E-state index contributed by atoms with van der Waals surface area (Å²) in [6, 6.07) is 4.23. The second kappa shape index (κ2) is 11.1. The van der Waals surface area contributed by atoms with Crippen molar-refractivity contribution in [3.05, 3.63) is 69.2 Å². The van der Waals surface area contributed by atoms with Crippen molar-refractivity contribution in [2.75, 3.05) is 36.8 Å². The molecule has 0 amide bonds. The Morgan fingerprint density at radius 2 is 1.69 bits per heavy atom. The SMILES string of the molecule is Nc1ncc(Cl)cc1CS(=O)(=O)N1CCN(c2cnn(-c3cc(F)cc(F)c3)c(=O)c2OC2CCCC2)CC1. The Kier molecular flexibility index (Phi) is 7.74. The van der Waals surface area contributed by atoms with Crippen LogP contribution in [0.1, 0.15) is 31.2 Å². The van der Waals surface area contributed by atoms with Gasteiger partial charge in [-0.2, -0.15) is 14.1 Å². The van der Waals surface area contributed by atoms with Crippen molar-refractivity contribution in [3.8, 4) is 11.4 Å². The van der Waals surface area contributed by atoms with Crippen molar-refractivity contribution >= 4 is 33.1 Å². The third-order valence-electron chi connectivity index (χ3n) is 6.87. The number of halogens is 3. The van der Waals surface area contributed by atoms with Crippen LogP contribution in [0.4, 0.5) is 20.3 Å². The highest BCUT2D eigenvalue weighted by molar-refractivity contribution is 7.88. The summed E-state index contributed by atoms with van der Waals surface area (Å²) in [5, 5.41) is 4.46. The molecule has 1 aromatic carbocycles. The minimum Gasteiger partial charge on any atom is -0.483 e. The first-order valence-corrected chi connectivity index (χ1v) is 14.5. The fourth-order valence-corrected chi connectivity index (χ4v) is 6.59. The summed E-state index contributed by atoms with van der Waals surface area (Å²) in [6.45, 7) is 0.834. The van der Waals surface area contributed by atoms with Crippen LogP contribution in [-0.4, -0.2) is 59.8 Å². The first-order valence-electron chi connectivity index (χ1n) is 12.5. The average molecular weight is 581 g/mol. The zero-order chi connectivity index (χ0) is 27.7. The molecule has 1 saturated heterocycles. The Bertz CT molecular complexity index is 1520. The Morgan fingerprint density at radius 1 is 1.03 bits per heavy atom. The van der Waals surface area contributed by atoms with E-state index in [1.807, 2.05) is 4.90 Å². The number of benzene rings is 1. The number of nitrogen functional groups attached to an aromatic ring is 1. The number of nitrogens with two attached hydrogens (primary N) is 1. The Balaban J connectivity index is 1.39. The molecule has 2 fully saturated rings. The molecule has 1 saturated carbocycles. The lowest BCUT2D eigenvalue weighted by atomic mass is 10.2. The number of nitrogens with zero attached hydrogens (tertiary/aromatic N) is 5. The first-order chi connectivity index (χ1) is 18.6. The molecule has 14 heteroatoms. The fourth-order valence-electron chi connectivity index (χ4n) is 4.89. The van der Waals surface area contributed by atoms with E-state index in [1.54, 1.807) is 0 Å². The van der Waals surface area contributed by atoms with Crippen LogP contribution in [0.2, 0.25) is 5.02 Å². The zero-order valence-electron chi connectivity index (χ0n) is 20.9. The third-order valence-corrected chi connectivity index (χ3v) is 8.91. The van der Waals surface area contributed by atoms with Gasteiger partial charge < -0.3 is 15.4 Å². The van der Waals surface area contributed by atoms with E-state index in [1.165, 1.54) is 22.8 Å². The number of anilines is 2. The van der Waals surface area contributed by atoms with Crippen LogP contribution in [-0.2, 0) is 15.8 Å². The molecule has 0 atom stereocenters. The van der Waals surface area contributed by atoms with E-state index in [0.717, 1.165) is 42.5 Å². The van der Waals surface area contributed by atoms with Gasteiger partial charge >= 0.3 is 5.56 Å². The van der Waals surface area contributed by atoms with Crippen LogP contribution in [0.5, 0.6) is 5.75 Å². The largest absolute Gasteiger partial charge is 0.483 e. The fraction of sp³-hybridized carbons (Fsp3) is 0.400. The van der Waals surface area contributed by atoms with Crippen molar-refractivity contribution in [3.63, 3.8) is 0 Å². The van der Waals surface area contributed by atoms with Crippen LogP contribution in [0.25, 0.3) is 5.69 Å². The van der Waals surface area contributed by atoms with E-state index >= 15 is 0 Å². The van der Waals surface area contributed by atoms with E-state index in [9.17, 15) is 22.0 Å². The van der Waals surface area contributed by atoms with E-state index < -0.39 is 27.2 Å². The molecule has 3 aromatic rings. The summed E-state index contributed by atoms with van der Waals surface area (Å²) < 4.78 is 62.3. The molecule has 2 N–H and O–H groups in total. The van der Waals surface area contributed by atoms with Crippen LogP contribution >= 0.6 is 11.6 Å². The topological polar surface area (TPSA) is 124 Å². The molecule has 39 heavy (non-hydrogen) atoms. The number of pyridine rings is 1. The Morgan fingerprint density at radius 3 is 2.36 bits per heavy atom. The Labute approximate surface area is 229 Å². The third kappa shape index (κ3) is 5.99. The summed E-state index contributed by atoms with van der Waals surface area (Å²) >= 11 is 5.96. The van der Waals surface area contributed by atoms with E-state index in [-0.39, 0.29) is 60.3 Å². The molecule has 0 unspecified atom stereocenters. The van der Waals surface area contributed by atoms with Crippen molar-refractivity contribution in [2.24, 2.45) is 0 Å². The second-order valence-electron chi connectivity index (χ2n) is 9.57. The summed E-state index contributed by atoms with van der Waals surface area (Å²) in [7, 11) is -3.72. The lowest BCUT2D eigenvalue weighted by Gasteiger charge is -2.36. The molecule has 208 valence electrons. The minimum absolute atomic E-state index is 0.0238. The predicted octanol–water partition coefficient (Wildman–Crippen LogP) is 3.11. The van der Waals surface area contributed by atoms with Crippen molar-refractivity contribution < 1.29 is 21.9 Å². The number of hydrogen-bond acceptors (Lipinski definition) is 8. The first kappa shape index (κ1) is 27.3. The highest BCUT2D eigenvalue weighted by Gasteiger charge is 2.31. The quantitative estimate of drug-likeness (QED) is 0.452. The zero-order valence-corrected chi connectivity index (χ0v) is 22.5. The minimum atomic E-state index is -3.72. The van der Waals surface area contributed by atoms with Crippen LogP contribution < -0.4 is 20.9 Å². The summed E-state index contributed by atoms with van der Waals surface area (Å²) in [5.74, 6) is -1.90. The molecule has 1 aliphatic carbocycles. The molecule has 0 spiro atoms. The van der Waals surface area contributed by atoms with Gasteiger partial charge in [-0.3, -0.25) is 4.79 Å². The molecule has 10 nitrogen and oxygen atoms in total. The van der Waals surface area contributed by atoms with Gasteiger partial charge in [-0.25, -0.2) is 22.2 Å². The average Bonchev–Trinajstić information content (AvgIpc) is 3.40. The molecule has 2 aromatic heterocycles. The molecule has 0 radical (unpaired) electrons. The molecular formula is C25H27ClF2N6O4S. The molecule has 5 rings (SSSR count). The van der Waals surface area contributed by atoms with Crippen LogP contribution in [0, 0.1) is 11.6 Å². The lowest BCUT2D eigenvalue weighted by Crippen LogP contribution is -2.49. The monoisotopic (exact) mass is 580 g/mol. The highest BCUT2D eigenvalue weighted by Crippen LogP contribution is 2.31. The predicted molar refractivity (Wildman–Crippen MR) is 143 cm³/mol. The summed E-state index contributed by atoms with van der Waals surface area (Å²) in [5.41, 5.74) is 5.85. The van der Waals surface area contributed by atoms with Gasteiger partial charge in [-0.15, -0.1) is 0 Å². The maximum Gasteiger partial charge on any atom is 0.316 e. The summed E-state index contributed by atoms with van der Waals surface area (Å²) in [6.07, 6.45) is 6.09. The number of piperazine rings is 1. The van der Waals surface area contributed by atoms with Crippen molar-refractivity contribution in [1.82, 2.24) is 19.1 Å². The maximum atomic E-state index is 13.9. The van der Waals surface area contributed by atoms with E-state index in [2.05, 4.69) is 10.1 Å².